The molecule has 0 aromatic heterocycles. The molecule has 2 aliphatic rings. The van der Waals surface area contributed by atoms with Crippen molar-refractivity contribution in [1.82, 2.24) is 5.32 Å². The summed E-state index contributed by atoms with van der Waals surface area (Å²) in [5.41, 5.74) is 6.61. The molecule has 1 atom stereocenters. The summed E-state index contributed by atoms with van der Waals surface area (Å²) in [7, 11) is 1.66. The van der Waals surface area contributed by atoms with E-state index in [9.17, 15) is 4.79 Å². The van der Waals surface area contributed by atoms with Gasteiger partial charge in [0.25, 0.3) is 0 Å². The zero-order valence-electron chi connectivity index (χ0n) is 11.6. The lowest BCUT2D eigenvalue weighted by molar-refractivity contribution is -0.136. The Kier molecular flexibility index (Phi) is 3.75. The van der Waals surface area contributed by atoms with Gasteiger partial charge in [-0.1, -0.05) is 18.2 Å². The number of nitrogens with two attached hydrogens (primary N) is 1. The van der Waals surface area contributed by atoms with Gasteiger partial charge < -0.3 is 15.8 Å². The monoisotopic (exact) mass is 292 g/mol. The molecule has 3 rings (SSSR count). The second-order valence-corrected chi connectivity index (χ2v) is 6.76. The highest BCUT2D eigenvalue weighted by atomic mass is 32.2. The predicted molar refractivity (Wildman–Crippen MR) is 79.6 cm³/mol. The van der Waals surface area contributed by atoms with Gasteiger partial charge in [-0.2, -0.15) is 0 Å². The summed E-state index contributed by atoms with van der Waals surface area (Å²) in [6.07, 6.45) is 2.30. The van der Waals surface area contributed by atoms with Crippen molar-refractivity contribution in [3.8, 4) is 0 Å². The molecule has 0 spiro atoms. The largest absolute Gasteiger partial charge is 0.381 e. The van der Waals surface area contributed by atoms with E-state index < -0.39 is 5.54 Å². The molecule has 1 fully saturated rings. The van der Waals surface area contributed by atoms with E-state index in [2.05, 4.69) is 17.4 Å². The van der Waals surface area contributed by atoms with Crippen LogP contribution in [0.15, 0.2) is 29.2 Å². The van der Waals surface area contributed by atoms with Gasteiger partial charge in [0.05, 0.1) is 12.1 Å². The minimum Gasteiger partial charge on any atom is -0.381 e. The van der Waals surface area contributed by atoms with E-state index in [-0.39, 0.29) is 18.1 Å². The van der Waals surface area contributed by atoms with Gasteiger partial charge >= 0.3 is 0 Å². The van der Waals surface area contributed by atoms with Crippen molar-refractivity contribution in [2.45, 2.75) is 41.8 Å². The van der Waals surface area contributed by atoms with E-state index in [4.69, 9.17) is 10.5 Å². The fourth-order valence-electron chi connectivity index (χ4n) is 2.90. The van der Waals surface area contributed by atoms with Gasteiger partial charge in [0.1, 0.15) is 5.54 Å². The summed E-state index contributed by atoms with van der Waals surface area (Å²) < 4.78 is 5.21. The van der Waals surface area contributed by atoms with Crippen LogP contribution >= 0.6 is 11.8 Å². The molecular formula is C15H20N2O2S. The topological polar surface area (TPSA) is 64.3 Å². The Hall–Kier alpha value is -1.04. The number of amides is 1. The summed E-state index contributed by atoms with van der Waals surface area (Å²) in [6.45, 7) is 0. The molecule has 0 radical (unpaired) electrons. The molecule has 1 unspecified atom stereocenters. The average molecular weight is 292 g/mol. The molecule has 1 amide bonds. The average Bonchev–Trinajstić information content (AvgIpc) is 2.44. The Balaban J connectivity index is 1.69. The number of thioether (sulfide) groups is 1. The lowest BCUT2D eigenvalue weighted by Crippen LogP contribution is -2.64. The molecule has 1 aliphatic carbocycles. The Morgan fingerprint density at radius 2 is 2.20 bits per heavy atom. The lowest BCUT2D eigenvalue weighted by atomic mass is 9.74. The predicted octanol–water partition coefficient (Wildman–Crippen LogP) is 1.85. The molecule has 1 saturated carbocycles. The van der Waals surface area contributed by atoms with Crippen LogP contribution in [-0.2, 0) is 9.53 Å². The number of nitrogens with one attached hydrogen (secondary N) is 1. The van der Waals surface area contributed by atoms with Gasteiger partial charge in [0.2, 0.25) is 5.91 Å². The summed E-state index contributed by atoms with van der Waals surface area (Å²) in [5.74, 6) is 0.984. The van der Waals surface area contributed by atoms with Gasteiger partial charge in [-0.25, -0.2) is 0 Å². The van der Waals surface area contributed by atoms with Gasteiger partial charge in [0, 0.05) is 30.6 Å². The molecule has 0 saturated heterocycles. The molecule has 4 nitrogen and oxygen atoms in total. The minimum atomic E-state index is -0.750. The van der Waals surface area contributed by atoms with Crippen molar-refractivity contribution in [2.75, 3.05) is 12.9 Å². The maximum absolute atomic E-state index is 12.4. The first-order valence-electron chi connectivity index (χ1n) is 6.97. The molecule has 0 bridgehead atoms. The molecular weight excluding hydrogens is 272 g/mol. The van der Waals surface area contributed by atoms with E-state index in [0.717, 1.165) is 12.2 Å². The van der Waals surface area contributed by atoms with Crippen molar-refractivity contribution in [2.24, 2.45) is 5.73 Å². The number of hydrogen-bond acceptors (Lipinski definition) is 4. The second-order valence-electron chi connectivity index (χ2n) is 5.62. The Morgan fingerprint density at radius 3 is 2.95 bits per heavy atom. The fraction of sp³-hybridized carbons (Fsp3) is 0.533. The lowest BCUT2D eigenvalue weighted by Gasteiger charge is -2.43. The molecule has 3 N–H and O–H groups in total. The highest BCUT2D eigenvalue weighted by molar-refractivity contribution is 7.99. The first-order valence-corrected chi connectivity index (χ1v) is 7.95. The zero-order chi connectivity index (χ0) is 14.2. The van der Waals surface area contributed by atoms with E-state index in [1.54, 1.807) is 7.11 Å². The van der Waals surface area contributed by atoms with Crippen LogP contribution in [0.4, 0.5) is 0 Å². The van der Waals surface area contributed by atoms with Crippen LogP contribution in [0.1, 0.15) is 30.9 Å². The zero-order valence-corrected chi connectivity index (χ0v) is 12.4. The van der Waals surface area contributed by atoms with Crippen LogP contribution < -0.4 is 11.1 Å². The van der Waals surface area contributed by atoms with Crippen LogP contribution in [0.5, 0.6) is 0 Å². The van der Waals surface area contributed by atoms with E-state index in [1.807, 2.05) is 23.9 Å². The van der Waals surface area contributed by atoms with E-state index >= 15 is 0 Å². The first-order chi connectivity index (χ1) is 9.62. The first kappa shape index (κ1) is 13.9. The number of carbonyl (C=O) groups excluding carboxylic acids is 1. The maximum atomic E-state index is 12.4. The molecule has 1 aromatic carbocycles. The molecule has 1 aliphatic heterocycles. The van der Waals surface area contributed by atoms with Crippen LogP contribution in [0.25, 0.3) is 0 Å². The Labute approximate surface area is 123 Å². The normalized spacial score (nSPS) is 32.1. The third kappa shape index (κ3) is 2.45. The van der Waals surface area contributed by atoms with Crippen molar-refractivity contribution >= 4 is 17.7 Å². The summed E-state index contributed by atoms with van der Waals surface area (Å²) in [5, 5.41) is 3.13. The number of carbonyl (C=O) groups is 1. The highest BCUT2D eigenvalue weighted by Gasteiger charge is 2.47. The highest BCUT2D eigenvalue weighted by Crippen LogP contribution is 2.37. The van der Waals surface area contributed by atoms with E-state index in [1.165, 1.54) is 10.5 Å². The Bertz CT molecular complexity index is 514. The fourth-order valence-corrected chi connectivity index (χ4v) is 4.02. The molecule has 5 heteroatoms. The minimum absolute atomic E-state index is 0.0440. The molecule has 108 valence electrons. The number of methoxy groups -OCH3 is 1. The smallest absolute Gasteiger partial charge is 0.240 e. The summed E-state index contributed by atoms with van der Waals surface area (Å²) in [6, 6.07) is 8.35. The maximum Gasteiger partial charge on any atom is 0.240 e. The number of rotatable bonds is 3. The quantitative estimate of drug-likeness (QED) is 0.892. The standard InChI is InChI=1S/C15H20N2O2S/c1-19-10-8-15(16,9-10)14(18)17-12-6-7-20-13-5-3-2-4-11(12)13/h2-5,10,12H,6-9,16H2,1H3,(H,17,18). The van der Waals surface area contributed by atoms with Crippen LogP contribution in [0.3, 0.4) is 0 Å². The third-order valence-corrected chi connectivity index (χ3v) is 5.36. The number of hydrogen-bond donors (Lipinski definition) is 2. The van der Waals surface area contributed by atoms with E-state index in [0.29, 0.717) is 12.8 Å². The summed E-state index contributed by atoms with van der Waals surface area (Å²) in [4.78, 5) is 13.7. The van der Waals surface area contributed by atoms with Gasteiger partial charge in [-0.15, -0.1) is 11.8 Å². The number of benzene rings is 1. The van der Waals surface area contributed by atoms with Crippen molar-refractivity contribution in [1.29, 1.82) is 0 Å². The molecule has 20 heavy (non-hydrogen) atoms. The molecule has 1 heterocycles. The van der Waals surface area contributed by atoms with Crippen LogP contribution in [-0.4, -0.2) is 30.4 Å². The van der Waals surface area contributed by atoms with Gasteiger partial charge in [-0.05, 0) is 18.1 Å². The van der Waals surface area contributed by atoms with Gasteiger partial charge in [0.15, 0.2) is 0 Å². The Morgan fingerprint density at radius 1 is 1.45 bits per heavy atom. The second kappa shape index (κ2) is 5.39. The van der Waals surface area contributed by atoms with Gasteiger partial charge in [-0.3, -0.25) is 4.79 Å². The number of ether oxygens (including phenoxy) is 1. The molecule has 1 aromatic rings. The SMILES string of the molecule is COC1CC(N)(C(=O)NC2CCSc3ccccc32)C1. The van der Waals surface area contributed by atoms with Crippen molar-refractivity contribution in [3.05, 3.63) is 29.8 Å². The number of fused-ring (bicyclic) bond motifs is 1. The third-order valence-electron chi connectivity index (χ3n) is 4.23. The summed E-state index contributed by atoms with van der Waals surface area (Å²) >= 11 is 1.85. The van der Waals surface area contributed by atoms with Crippen molar-refractivity contribution < 1.29 is 9.53 Å². The van der Waals surface area contributed by atoms with Crippen LogP contribution in [0, 0.1) is 0 Å². The van der Waals surface area contributed by atoms with Crippen LogP contribution in [0.2, 0.25) is 0 Å². The van der Waals surface area contributed by atoms with Crippen molar-refractivity contribution in [3.63, 3.8) is 0 Å².